The van der Waals surface area contributed by atoms with Gasteiger partial charge in [-0.05, 0) is 25.0 Å². The van der Waals surface area contributed by atoms with E-state index in [0.29, 0.717) is 12.1 Å². The highest BCUT2D eigenvalue weighted by molar-refractivity contribution is 8.00. The SMILES string of the molecule is CCC(Sc1cccc(C)c1N)C(=O)O. The molecule has 0 aliphatic rings. The monoisotopic (exact) mass is 225 g/mol. The van der Waals surface area contributed by atoms with Gasteiger partial charge in [-0.15, -0.1) is 11.8 Å². The summed E-state index contributed by atoms with van der Waals surface area (Å²) in [5, 5.41) is 8.51. The number of benzene rings is 1. The van der Waals surface area contributed by atoms with Gasteiger partial charge < -0.3 is 10.8 Å². The topological polar surface area (TPSA) is 63.3 Å². The standard InChI is InChI=1S/C11H15NO2S/c1-3-8(11(13)14)15-9-6-4-5-7(2)10(9)12/h4-6,8H,3,12H2,1-2H3,(H,13,14). The van der Waals surface area contributed by atoms with Crippen molar-refractivity contribution in [1.29, 1.82) is 0 Å². The van der Waals surface area contributed by atoms with Gasteiger partial charge in [0, 0.05) is 10.6 Å². The van der Waals surface area contributed by atoms with Crippen LogP contribution in [0.15, 0.2) is 23.1 Å². The van der Waals surface area contributed by atoms with Gasteiger partial charge >= 0.3 is 5.97 Å². The molecule has 0 amide bonds. The van der Waals surface area contributed by atoms with Crippen LogP contribution in [0.3, 0.4) is 0 Å². The second-order valence-corrected chi connectivity index (χ2v) is 4.58. The zero-order valence-corrected chi connectivity index (χ0v) is 9.67. The van der Waals surface area contributed by atoms with Crippen LogP contribution in [0.1, 0.15) is 18.9 Å². The summed E-state index contributed by atoms with van der Waals surface area (Å²) in [5.74, 6) is -0.789. The van der Waals surface area contributed by atoms with Crippen molar-refractivity contribution in [1.82, 2.24) is 0 Å². The third-order valence-corrected chi connectivity index (χ3v) is 3.63. The first-order chi connectivity index (χ1) is 7.06. The van der Waals surface area contributed by atoms with Gasteiger partial charge in [0.25, 0.3) is 0 Å². The van der Waals surface area contributed by atoms with Crippen molar-refractivity contribution in [2.24, 2.45) is 0 Å². The summed E-state index contributed by atoms with van der Waals surface area (Å²) < 4.78 is 0. The Morgan fingerprint density at radius 3 is 2.80 bits per heavy atom. The number of anilines is 1. The third kappa shape index (κ3) is 2.89. The summed E-state index contributed by atoms with van der Waals surface area (Å²) in [6, 6.07) is 5.67. The first-order valence-corrected chi connectivity index (χ1v) is 5.68. The van der Waals surface area contributed by atoms with Gasteiger partial charge in [0.2, 0.25) is 0 Å². The lowest BCUT2D eigenvalue weighted by Gasteiger charge is -2.12. The molecule has 1 aromatic rings. The van der Waals surface area contributed by atoms with Crippen LogP contribution in [0.25, 0.3) is 0 Å². The van der Waals surface area contributed by atoms with E-state index < -0.39 is 11.2 Å². The van der Waals surface area contributed by atoms with Crippen molar-refractivity contribution in [3.05, 3.63) is 23.8 Å². The fourth-order valence-corrected chi connectivity index (χ4v) is 2.24. The molecule has 82 valence electrons. The molecule has 1 atom stereocenters. The minimum absolute atomic E-state index is 0.422. The van der Waals surface area contributed by atoms with Gasteiger partial charge in [-0.1, -0.05) is 19.1 Å². The number of thioether (sulfide) groups is 1. The molecule has 3 N–H and O–H groups in total. The van der Waals surface area contributed by atoms with Gasteiger partial charge in [0.1, 0.15) is 5.25 Å². The normalized spacial score (nSPS) is 12.4. The van der Waals surface area contributed by atoms with E-state index in [9.17, 15) is 4.79 Å². The zero-order valence-electron chi connectivity index (χ0n) is 8.86. The minimum Gasteiger partial charge on any atom is -0.480 e. The molecule has 0 saturated heterocycles. The van der Waals surface area contributed by atoms with E-state index in [1.165, 1.54) is 11.8 Å². The van der Waals surface area contributed by atoms with Gasteiger partial charge in [-0.2, -0.15) is 0 Å². The van der Waals surface area contributed by atoms with Gasteiger partial charge in [0.15, 0.2) is 0 Å². The predicted octanol–water partition coefficient (Wildman–Crippen LogP) is 2.53. The lowest BCUT2D eigenvalue weighted by molar-refractivity contribution is -0.136. The van der Waals surface area contributed by atoms with Gasteiger partial charge in [-0.25, -0.2) is 0 Å². The highest BCUT2D eigenvalue weighted by atomic mass is 32.2. The van der Waals surface area contributed by atoms with Gasteiger partial charge in [-0.3, -0.25) is 4.79 Å². The van der Waals surface area contributed by atoms with E-state index in [4.69, 9.17) is 10.8 Å². The number of carboxylic acids is 1. The average Bonchev–Trinajstić information content (AvgIpc) is 2.19. The maximum Gasteiger partial charge on any atom is 0.316 e. The Balaban J connectivity index is 2.88. The molecule has 15 heavy (non-hydrogen) atoms. The van der Waals surface area contributed by atoms with Crippen LogP contribution in [0.2, 0.25) is 0 Å². The Morgan fingerprint density at radius 1 is 1.60 bits per heavy atom. The van der Waals surface area contributed by atoms with Crippen LogP contribution in [0.4, 0.5) is 5.69 Å². The second-order valence-electron chi connectivity index (χ2n) is 3.34. The van der Waals surface area contributed by atoms with E-state index in [2.05, 4.69) is 0 Å². The number of hydrogen-bond donors (Lipinski definition) is 2. The predicted molar refractivity (Wildman–Crippen MR) is 63.2 cm³/mol. The molecule has 1 unspecified atom stereocenters. The highest BCUT2D eigenvalue weighted by Gasteiger charge is 2.17. The number of para-hydroxylation sites is 1. The molecule has 1 aromatic carbocycles. The molecule has 3 nitrogen and oxygen atoms in total. The Bertz CT molecular complexity index is 366. The van der Waals surface area contributed by atoms with Crippen molar-refractivity contribution >= 4 is 23.4 Å². The fraction of sp³-hybridized carbons (Fsp3) is 0.364. The van der Waals surface area contributed by atoms with Crippen LogP contribution in [0.5, 0.6) is 0 Å². The maximum atomic E-state index is 10.9. The lowest BCUT2D eigenvalue weighted by atomic mass is 10.2. The van der Waals surface area contributed by atoms with Crippen LogP contribution < -0.4 is 5.73 Å². The number of aliphatic carboxylic acids is 1. The third-order valence-electron chi connectivity index (χ3n) is 2.20. The molecule has 0 aromatic heterocycles. The maximum absolute atomic E-state index is 10.9. The molecule has 0 bridgehead atoms. The van der Waals surface area contributed by atoms with Crippen molar-refractivity contribution in [2.75, 3.05) is 5.73 Å². The number of hydrogen-bond acceptors (Lipinski definition) is 3. The molecule has 0 radical (unpaired) electrons. The second kappa shape index (κ2) is 5.07. The van der Waals surface area contributed by atoms with Crippen molar-refractivity contribution < 1.29 is 9.90 Å². The number of aryl methyl sites for hydroxylation is 1. The van der Waals surface area contributed by atoms with E-state index in [0.717, 1.165) is 10.5 Å². The summed E-state index contributed by atoms with van der Waals surface area (Å²) in [5.41, 5.74) is 7.54. The molecule has 0 aliphatic carbocycles. The Morgan fingerprint density at radius 2 is 2.27 bits per heavy atom. The summed E-state index contributed by atoms with van der Waals surface area (Å²) in [6.45, 7) is 3.78. The molecule has 0 aliphatic heterocycles. The summed E-state index contributed by atoms with van der Waals surface area (Å²) >= 11 is 1.31. The lowest BCUT2D eigenvalue weighted by Crippen LogP contribution is -2.15. The number of rotatable bonds is 4. The Hall–Kier alpha value is -1.16. The van der Waals surface area contributed by atoms with Crippen LogP contribution in [-0.2, 0) is 4.79 Å². The molecular weight excluding hydrogens is 210 g/mol. The molecule has 0 spiro atoms. The molecular formula is C11H15NO2S. The van der Waals surface area contributed by atoms with Crippen LogP contribution in [0, 0.1) is 6.92 Å². The molecule has 0 fully saturated rings. The molecule has 0 saturated carbocycles. The number of nitrogens with two attached hydrogens (primary N) is 1. The summed E-state index contributed by atoms with van der Waals surface area (Å²) in [6.07, 6.45) is 0.591. The van der Waals surface area contributed by atoms with Crippen molar-refractivity contribution in [3.63, 3.8) is 0 Å². The first-order valence-electron chi connectivity index (χ1n) is 4.80. The Labute approximate surface area is 93.7 Å². The smallest absolute Gasteiger partial charge is 0.316 e. The van der Waals surface area contributed by atoms with Crippen molar-refractivity contribution in [3.8, 4) is 0 Å². The largest absolute Gasteiger partial charge is 0.480 e. The van der Waals surface area contributed by atoms with E-state index >= 15 is 0 Å². The average molecular weight is 225 g/mol. The van der Waals surface area contributed by atoms with E-state index in [1.807, 2.05) is 32.0 Å². The first kappa shape index (κ1) is 11.9. The van der Waals surface area contributed by atoms with Crippen LogP contribution in [-0.4, -0.2) is 16.3 Å². The quantitative estimate of drug-likeness (QED) is 0.610. The number of carboxylic acid groups (broad SMARTS) is 1. The Kier molecular flexibility index (Phi) is 4.03. The van der Waals surface area contributed by atoms with Crippen LogP contribution >= 0.6 is 11.8 Å². The minimum atomic E-state index is -0.789. The number of nitrogen functional groups attached to an aromatic ring is 1. The molecule has 4 heteroatoms. The van der Waals surface area contributed by atoms with E-state index in [-0.39, 0.29) is 0 Å². The summed E-state index contributed by atoms with van der Waals surface area (Å²) in [7, 11) is 0. The number of carbonyl (C=O) groups is 1. The highest BCUT2D eigenvalue weighted by Crippen LogP contribution is 2.31. The van der Waals surface area contributed by atoms with Crippen molar-refractivity contribution in [2.45, 2.75) is 30.4 Å². The molecule has 1 rings (SSSR count). The molecule has 0 heterocycles. The van der Waals surface area contributed by atoms with E-state index in [1.54, 1.807) is 0 Å². The zero-order chi connectivity index (χ0) is 11.4. The summed E-state index contributed by atoms with van der Waals surface area (Å²) in [4.78, 5) is 11.7. The fourth-order valence-electron chi connectivity index (χ4n) is 1.22. The van der Waals surface area contributed by atoms with Gasteiger partial charge in [0.05, 0.1) is 0 Å².